The highest BCUT2D eigenvalue weighted by Gasteiger charge is 2.14. The Morgan fingerprint density at radius 1 is 1.23 bits per heavy atom. The molecule has 22 heavy (non-hydrogen) atoms. The highest BCUT2D eigenvalue weighted by atomic mass is 32.1. The average molecular weight is 317 g/mol. The van der Waals surface area contributed by atoms with Gasteiger partial charge in [-0.2, -0.15) is 0 Å². The minimum atomic E-state index is -0.0812. The van der Waals surface area contributed by atoms with Crippen molar-refractivity contribution in [2.24, 2.45) is 0 Å². The van der Waals surface area contributed by atoms with E-state index >= 15 is 0 Å². The van der Waals surface area contributed by atoms with Gasteiger partial charge >= 0.3 is 0 Å². The molecule has 3 rings (SSSR count). The third-order valence-corrected chi connectivity index (χ3v) is 4.72. The summed E-state index contributed by atoms with van der Waals surface area (Å²) in [5, 5.41) is 2.93. The molecule has 0 radical (unpaired) electrons. The molecule has 0 bridgehead atoms. The molecule has 1 aliphatic heterocycles. The summed E-state index contributed by atoms with van der Waals surface area (Å²) in [7, 11) is 0. The third kappa shape index (κ3) is 3.09. The van der Waals surface area contributed by atoms with Crippen LogP contribution < -0.4 is 14.8 Å². The summed E-state index contributed by atoms with van der Waals surface area (Å²) in [6, 6.07) is 7.47. The van der Waals surface area contributed by atoms with E-state index in [0.29, 0.717) is 19.0 Å². The molecule has 1 aromatic carbocycles. The van der Waals surface area contributed by atoms with Gasteiger partial charge in [0.25, 0.3) is 5.91 Å². The van der Waals surface area contributed by atoms with Crippen LogP contribution in [0.4, 0.5) is 5.69 Å². The molecule has 5 heteroatoms. The smallest absolute Gasteiger partial charge is 0.265 e. The standard InChI is InChI=1S/C17H19NO3S/c1-3-12-9-16(22-11(12)2)17(19)18-13-5-6-14-15(10-13)21-8-4-7-20-14/h5-6,9-10H,3-4,7-8H2,1-2H3,(H,18,19). The first-order valence-corrected chi connectivity index (χ1v) is 8.29. The molecular weight excluding hydrogens is 298 g/mol. The number of rotatable bonds is 3. The lowest BCUT2D eigenvalue weighted by molar-refractivity contribution is 0.103. The molecule has 0 fully saturated rings. The van der Waals surface area contributed by atoms with E-state index in [1.54, 1.807) is 0 Å². The van der Waals surface area contributed by atoms with Crippen LogP contribution in [-0.2, 0) is 6.42 Å². The Kier molecular flexibility index (Phi) is 4.34. The fraction of sp³-hybridized carbons (Fsp3) is 0.353. The summed E-state index contributed by atoms with van der Waals surface area (Å²) in [4.78, 5) is 14.3. The van der Waals surface area contributed by atoms with Gasteiger partial charge in [-0.15, -0.1) is 11.3 Å². The normalized spacial score (nSPS) is 13.5. The Morgan fingerprint density at radius 3 is 2.73 bits per heavy atom. The van der Waals surface area contributed by atoms with Crippen molar-refractivity contribution in [2.45, 2.75) is 26.7 Å². The zero-order chi connectivity index (χ0) is 15.5. The molecule has 0 spiro atoms. The van der Waals surface area contributed by atoms with Gasteiger partial charge in [0.2, 0.25) is 0 Å². The van der Waals surface area contributed by atoms with Crippen LogP contribution in [0.2, 0.25) is 0 Å². The molecule has 0 aliphatic carbocycles. The second kappa shape index (κ2) is 6.40. The van der Waals surface area contributed by atoms with E-state index in [4.69, 9.17) is 9.47 Å². The first-order chi connectivity index (χ1) is 10.7. The van der Waals surface area contributed by atoms with Gasteiger partial charge in [0.05, 0.1) is 18.1 Å². The number of hydrogen-bond donors (Lipinski definition) is 1. The van der Waals surface area contributed by atoms with Crippen LogP contribution in [0.5, 0.6) is 11.5 Å². The third-order valence-electron chi connectivity index (χ3n) is 3.63. The van der Waals surface area contributed by atoms with Crippen molar-refractivity contribution < 1.29 is 14.3 Å². The zero-order valence-electron chi connectivity index (χ0n) is 12.8. The van der Waals surface area contributed by atoms with Crippen LogP contribution >= 0.6 is 11.3 Å². The van der Waals surface area contributed by atoms with Crippen LogP contribution in [0.25, 0.3) is 0 Å². The first-order valence-electron chi connectivity index (χ1n) is 7.47. The Hall–Kier alpha value is -2.01. The summed E-state index contributed by atoms with van der Waals surface area (Å²) in [5.41, 5.74) is 1.95. The Labute approximate surface area is 134 Å². The maximum absolute atomic E-state index is 12.4. The van der Waals surface area contributed by atoms with E-state index in [2.05, 4.69) is 12.2 Å². The lowest BCUT2D eigenvalue weighted by Crippen LogP contribution is -2.10. The predicted octanol–water partition coefficient (Wildman–Crippen LogP) is 4.03. The molecular formula is C17H19NO3S. The molecule has 0 unspecified atom stereocenters. The number of amides is 1. The first kappa shape index (κ1) is 14.9. The monoisotopic (exact) mass is 317 g/mol. The quantitative estimate of drug-likeness (QED) is 0.929. The number of hydrogen-bond acceptors (Lipinski definition) is 4. The van der Waals surface area contributed by atoms with Crippen molar-refractivity contribution in [2.75, 3.05) is 18.5 Å². The van der Waals surface area contributed by atoms with Gasteiger partial charge in [-0.1, -0.05) is 6.92 Å². The van der Waals surface area contributed by atoms with Gasteiger partial charge in [0, 0.05) is 23.1 Å². The second-order valence-corrected chi connectivity index (χ2v) is 6.47. The summed E-state index contributed by atoms with van der Waals surface area (Å²) in [6.45, 7) is 5.44. The van der Waals surface area contributed by atoms with E-state index < -0.39 is 0 Å². The largest absolute Gasteiger partial charge is 0.490 e. The van der Waals surface area contributed by atoms with Crippen molar-refractivity contribution in [1.82, 2.24) is 0 Å². The van der Waals surface area contributed by atoms with Crippen molar-refractivity contribution in [1.29, 1.82) is 0 Å². The molecule has 4 nitrogen and oxygen atoms in total. The highest BCUT2D eigenvalue weighted by Crippen LogP contribution is 2.32. The molecule has 116 valence electrons. The van der Waals surface area contributed by atoms with Crippen molar-refractivity contribution >= 4 is 22.9 Å². The topological polar surface area (TPSA) is 47.6 Å². The number of carbonyl (C=O) groups is 1. The number of nitrogens with one attached hydrogen (secondary N) is 1. The molecule has 1 aliphatic rings. The number of thiophene rings is 1. The minimum absolute atomic E-state index is 0.0812. The second-order valence-electron chi connectivity index (χ2n) is 5.21. The fourth-order valence-corrected chi connectivity index (χ4v) is 3.43. The van der Waals surface area contributed by atoms with Crippen LogP contribution in [0.3, 0.4) is 0 Å². The SMILES string of the molecule is CCc1cc(C(=O)Nc2ccc3c(c2)OCCCO3)sc1C. The summed E-state index contributed by atoms with van der Waals surface area (Å²) in [5.74, 6) is 1.34. The lowest BCUT2D eigenvalue weighted by Gasteiger charge is -2.10. The molecule has 0 saturated carbocycles. The summed E-state index contributed by atoms with van der Waals surface area (Å²) in [6.07, 6.45) is 1.81. The van der Waals surface area contributed by atoms with Crippen molar-refractivity contribution in [3.63, 3.8) is 0 Å². The van der Waals surface area contributed by atoms with Crippen LogP contribution in [0, 0.1) is 6.92 Å². The van der Waals surface area contributed by atoms with Gasteiger partial charge in [0.1, 0.15) is 0 Å². The van der Waals surface area contributed by atoms with Crippen molar-refractivity contribution in [3.05, 3.63) is 39.6 Å². The molecule has 1 aromatic heterocycles. The number of aryl methyl sites for hydroxylation is 2. The molecule has 2 heterocycles. The molecule has 0 atom stereocenters. The Balaban J connectivity index is 1.77. The maximum Gasteiger partial charge on any atom is 0.265 e. The average Bonchev–Trinajstić information content (AvgIpc) is 2.74. The van der Waals surface area contributed by atoms with Gasteiger partial charge in [0.15, 0.2) is 11.5 Å². The number of carbonyl (C=O) groups excluding carboxylic acids is 1. The molecule has 0 saturated heterocycles. The van der Waals surface area contributed by atoms with Gasteiger partial charge < -0.3 is 14.8 Å². The zero-order valence-corrected chi connectivity index (χ0v) is 13.6. The highest BCUT2D eigenvalue weighted by molar-refractivity contribution is 7.14. The lowest BCUT2D eigenvalue weighted by atomic mass is 10.2. The van der Waals surface area contributed by atoms with Crippen molar-refractivity contribution in [3.8, 4) is 11.5 Å². The molecule has 2 aromatic rings. The Morgan fingerprint density at radius 2 is 2.00 bits per heavy atom. The van der Waals surface area contributed by atoms with E-state index in [9.17, 15) is 4.79 Å². The number of fused-ring (bicyclic) bond motifs is 1. The Bertz CT molecular complexity index is 693. The van der Waals surface area contributed by atoms with E-state index in [1.807, 2.05) is 31.2 Å². The number of benzene rings is 1. The van der Waals surface area contributed by atoms with Gasteiger partial charge in [-0.3, -0.25) is 4.79 Å². The minimum Gasteiger partial charge on any atom is -0.490 e. The van der Waals surface area contributed by atoms with Gasteiger partial charge in [-0.05, 0) is 37.1 Å². The fourth-order valence-electron chi connectivity index (χ4n) is 2.42. The number of anilines is 1. The van der Waals surface area contributed by atoms with E-state index in [0.717, 1.165) is 29.2 Å². The van der Waals surface area contributed by atoms with E-state index in [-0.39, 0.29) is 5.91 Å². The van der Waals surface area contributed by atoms with E-state index in [1.165, 1.54) is 21.8 Å². The molecule has 1 N–H and O–H groups in total. The van der Waals surface area contributed by atoms with Crippen LogP contribution in [0.1, 0.15) is 33.5 Å². The van der Waals surface area contributed by atoms with Gasteiger partial charge in [-0.25, -0.2) is 0 Å². The van der Waals surface area contributed by atoms with Crippen LogP contribution in [-0.4, -0.2) is 19.1 Å². The predicted molar refractivity (Wildman–Crippen MR) is 88.4 cm³/mol. The van der Waals surface area contributed by atoms with Crippen LogP contribution in [0.15, 0.2) is 24.3 Å². The summed E-state index contributed by atoms with van der Waals surface area (Å²) >= 11 is 1.53. The maximum atomic E-state index is 12.4. The molecule has 1 amide bonds. The summed E-state index contributed by atoms with van der Waals surface area (Å²) < 4.78 is 11.2. The number of ether oxygens (including phenoxy) is 2.